The number of carbonyl (C=O) groups is 8. The van der Waals surface area contributed by atoms with Gasteiger partial charge in [0.05, 0.1) is 11.0 Å². The van der Waals surface area contributed by atoms with Crippen molar-refractivity contribution in [1.82, 2.24) is 41.8 Å². The van der Waals surface area contributed by atoms with Gasteiger partial charge in [-0.15, -0.1) is 0 Å². The van der Waals surface area contributed by atoms with Crippen LogP contribution >= 0.6 is 0 Å². The molecule has 1 aromatic heterocycles. The van der Waals surface area contributed by atoms with Crippen molar-refractivity contribution in [2.75, 3.05) is 0 Å². The fraction of sp³-hybridized carbons (Fsp3) is 0.328. The number of hydrogen-bond acceptors (Lipinski definition) is 10. The highest BCUT2D eigenvalue weighted by atomic mass is 16.4. The van der Waals surface area contributed by atoms with Crippen LogP contribution in [0, 0.1) is 0 Å². The van der Waals surface area contributed by atoms with Crippen LogP contribution in [0.3, 0.4) is 0 Å². The molecule has 0 bridgehead atoms. The van der Waals surface area contributed by atoms with Crippen LogP contribution in [0.25, 0.3) is 21.8 Å². The summed E-state index contributed by atoms with van der Waals surface area (Å²) in [6.07, 6.45) is 2.00. The monoisotopic (exact) mass is 1050 g/mol. The Labute approximate surface area is 445 Å². The van der Waals surface area contributed by atoms with Gasteiger partial charge in [0, 0.05) is 43.0 Å². The molecule has 0 aliphatic heterocycles. The normalized spacial score (nSPS) is 13.8. The molecule has 0 aliphatic carbocycles. The molecule has 0 saturated carbocycles. The van der Waals surface area contributed by atoms with Gasteiger partial charge in [-0.3, -0.25) is 38.4 Å². The first-order valence-electron chi connectivity index (χ1n) is 25.6. The lowest BCUT2D eigenvalue weighted by molar-refractivity contribution is -0.142. The van der Waals surface area contributed by atoms with Crippen LogP contribution in [0.4, 0.5) is 0 Å². The van der Waals surface area contributed by atoms with Crippen molar-refractivity contribution in [3.8, 4) is 5.75 Å². The first-order valence-corrected chi connectivity index (χ1v) is 25.6. The van der Waals surface area contributed by atoms with Crippen molar-refractivity contribution in [3.63, 3.8) is 0 Å². The Morgan fingerprint density at radius 1 is 0.429 bits per heavy atom. The highest BCUT2D eigenvalue weighted by Crippen LogP contribution is 2.21. The lowest BCUT2D eigenvalue weighted by Gasteiger charge is -2.26. The number of benzene rings is 5. The second kappa shape index (κ2) is 27.6. The lowest BCUT2D eigenvalue weighted by atomic mass is 10.0. The number of aromatic hydroxyl groups is 1. The van der Waals surface area contributed by atoms with E-state index in [2.05, 4.69) is 41.8 Å². The van der Waals surface area contributed by atoms with E-state index in [1.54, 1.807) is 60.7 Å². The minimum Gasteiger partial charge on any atom is -0.508 e. The van der Waals surface area contributed by atoms with Gasteiger partial charge in [0.15, 0.2) is 5.43 Å². The minimum atomic E-state index is -1.36. The van der Waals surface area contributed by atoms with Crippen LogP contribution in [0.15, 0.2) is 138 Å². The molecule has 0 unspecified atom stereocenters. The summed E-state index contributed by atoms with van der Waals surface area (Å²) in [5.41, 5.74) is 3.52. The van der Waals surface area contributed by atoms with Crippen LogP contribution < -0.4 is 42.6 Å². The van der Waals surface area contributed by atoms with Crippen molar-refractivity contribution in [3.05, 3.63) is 160 Å². The first-order chi connectivity index (χ1) is 36.9. The lowest BCUT2D eigenvalue weighted by Crippen LogP contribution is -2.59. The summed E-state index contributed by atoms with van der Waals surface area (Å²) in [6.45, 7) is 6.27. The summed E-state index contributed by atoms with van der Waals surface area (Å²) >= 11 is 0. The molecule has 0 spiro atoms. The van der Waals surface area contributed by atoms with Crippen molar-refractivity contribution < 1.29 is 48.6 Å². The van der Waals surface area contributed by atoms with Gasteiger partial charge in [-0.1, -0.05) is 103 Å². The largest absolute Gasteiger partial charge is 0.508 e. The van der Waals surface area contributed by atoms with Crippen LogP contribution in [-0.2, 0) is 64.2 Å². The molecule has 0 fully saturated rings. The van der Waals surface area contributed by atoms with E-state index in [1.165, 1.54) is 52.0 Å². The third kappa shape index (κ3) is 16.6. The Hall–Kier alpha value is -8.87. The zero-order valence-electron chi connectivity index (χ0n) is 43.4. The molecule has 0 aliphatic rings. The average molecular weight is 1050 g/mol. The number of aromatic nitrogens is 1. The molecule has 7 amide bonds. The van der Waals surface area contributed by atoms with Crippen molar-refractivity contribution in [2.24, 2.45) is 0 Å². The van der Waals surface area contributed by atoms with Gasteiger partial charge in [0.1, 0.15) is 48.0 Å². The maximum absolute atomic E-state index is 14.3. The van der Waals surface area contributed by atoms with E-state index in [1.807, 2.05) is 48.5 Å². The van der Waals surface area contributed by atoms with Gasteiger partial charge in [-0.2, -0.15) is 0 Å². The van der Waals surface area contributed by atoms with E-state index in [-0.39, 0.29) is 42.8 Å². The Kier molecular flexibility index (Phi) is 20.6. The number of phenols is 1. The Morgan fingerprint density at radius 3 is 1.30 bits per heavy atom. The van der Waals surface area contributed by atoms with Crippen molar-refractivity contribution in [2.45, 2.75) is 121 Å². The number of nitrogens with zero attached hydrogens (tertiary/aromatic N) is 1. The topological polar surface area (TPSA) is 283 Å². The fourth-order valence-corrected chi connectivity index (χ4v) is 8.67. The molecule has 6 aromatic rings. The number of fused-ring (bicyclic) bond motifs is 2. The molecule has 1 heterocycles. The van der Waals surface area contributed by atoms with Crippen LogP contribution in [0.1, 0.15) is 70.1 Å². The highest BCUT2D eigenvalue weighted by Gasteiger charge is 2.32. The number of hydrogen-bond donors (Lipinski definition) is 9. The second-order valence-electron chi connectivity index (χ2n) is 19.1. The molecule has 7 atom stereocenters. The highest BCUT2D eigenvalue weighted by molar-refractivity contribution is 5.98. The summed E-state index contributed by atoms with van der Waals surface area (Å²) in [5, 5.41) is 38.8. The molecule has 6 rings (SSSR count). The van der Waals surface area contributed by atoms with Crippen LogP contribution in [-0.4, -0.2) is 104 Å². The maximum atomic E-state index is 14.3. The van der Waals surface area contributed by atoms with E-state index in [0.717, 1.165) is 17.5 Å². The number of para-hydroxylation sites is 2. The number of carbonyl (C=O) groups excluding carboxylic acids is 7. The number of amides is 7. The number of phenolic OH excluding ortho intramolecular Hbond substituents is 1. The van der Waals surface area contributed by atoms with E-state index in [0.29, 0.717) is 46.8 Å². The van der Waals surface area contributed by atoms with E-state index < -0.39 is 83.7 Å². The third-order valence-electron chi connectivity index (χ3n) is 13.0. The standard InChI is InChI=1S/C58H66N8O11/c1-35(59-50(68)26-12-7-17-31-66-48-24-15-13-22-43(48)51(69)44-23-14-16-25-49(44)66)52(70)60-37(3)54(72)63-46(33-40-20-10-6-11-21-40)57(75)64-45(32-39-18-8-5-9-19-39)56(74)62-36(2)53(71)61-38(4)55(73)65-47(58(76)77)34-41-27-29-42(67)30-28-41/h5-6,8-11,13-16,18-25,27-30,35-38,45-47,67H,7,12,17,26,31-34H2,1-4H3,(H,59,68)(H,60,70)(H,61,71)(H,62,74)(H,63,72)(H,64,75)(H,65,73)(H,76,77)/t35-,36-,37-,38-,45-,46-,47-/m0/s1. The summed E-state index contributed by atoms with van der Waals surface area (Å²) in [5.74, 6) is -6.14. The predicted molar refractivity (Wildman–Crippen MR) is 290 cm³/mol. The maximum Gasteiger partial charge on any atom is 0.326 e. The van der Waals surface area contributed by atoms with Gasteiger partial charge in [0.2, 0.25) is 41.4 Å². The Morgan fingerprint density at radius 2 is 0.805 bits per heavy atom. The van der Waals surface area contributed by atoms with Gasteiger partial charge in [-0.25, -0.2) is 4.79 Å². The number of carboxylic acid groups (broad SMARTS) is 1. The summed E-state index contributed by atoms with van der Waals surface area (Å²) < 4.78 is 2.13. The molecule has 404 valence electrons. The third-order valence-corrected chi connectivity index (χ3v) is 13.0. The molecule has 0 saturated heterocycles. The smallest absolute Gasteiger partial charge is 0.326 e. The molecule has 19 heteroatoms. The number of unbranched alkanes of at least 4 members (excludes halogenated alkanes) is 2. The number of aryl methyl sites for hydroxylation is 1. The molecular formula is C58H66N8O11. The molecule has 9 N–H and O–H groups in total. The number of rotatable bonds is 26. The molecule has 5 aromatic carbocycles. The molecule has 0 radical (unpaired) electrons. The van der Waals surface area contributed by atoms with Gasteiger partial charge in [0.25, 0.3) is 0 Å². The van der Waals surface area contributed by atoms with E-state index in [9.17, 15) is 53.4 Å². The van der Waals surface area contributed by atoms with Gasteiger partial charge < -0.3 is 52.0 Å². The Balaban J connectivity index is 1.02. The van der Waals surface area contributed by atoms with E-state index in [4.69, 9.17) is 0 Å². The second-order valence-corrected chi connectivity index (χ2v) is 19.1. The van der Waals surface area contributed by atoms with Crippen molar-refractivity contribution >= 4 is 69.1 Å². The predicted octanol–water partition coefficient (Wildman–Crippen LogP) is 3.71. The van der Waals surface area contributed by atoms with Crippen LogP contribution in [0.2, 0.25) is 0 Å². The molecule has 19 nitrogen and oxygen atoms in total. The number of nitrogens with one attached hydrogen (secondary N) is 7. The Bertz CT molecular complexity index is 3050. The van der Waals surface area contributed by atoms with Gasteiger partial charge >= 0.3 is 5.97 Å². The SMILES string of the molecule is C[C@H](NC(=O)CCCCCn1c2ccccc2c(=O)c2ccccc21)C(=O)N[C@@H](C)C(=O)N[C@@H](Cc1ccccc1)C(=O)N[C@@H](Cc1ccccc1)C(=O)N[C@@H](C)C(=O)N[C@@H](C)C(=O)N[C@@H](Cc1ccc(O)cc1)C(=O)O. The zero-order chi connectivity index (χ0) is 55.6. The summed E-state index contributed by atoms with van der Waals surface area (Å²) in [6, 6.07) is 29.8. The molecular weight excluding hydrogens is 985 g/mol. The van der Waals surface area contributed by atoms with E-state index >= 15 is 0 Å². The zero-order valence-corrected chi connectivity index (χ0v) is 43.4. The number of aliphatic carboxylic acids is 1. The summed E-state index contributed by atoms with van der Waals surface area (Å²) in [7, 11) is 0. The van der Waals surface area contributed by atoms with Gasteiger partial charge in [-0.05, 0) is 93.6 Å². The number of carboxylic acids is 1. The quantitative estimate of drug-likeness (QED) is 0.0279. The van der Waals surface area contributed by atoms with Crippen LogP contribution in [0.5, 0.6) is 5.75 Å². The average Bonchev–Trinajstić information content (AvgIpc) is 3.47. The molecule has 77 heavy (non-hydrogen) atoms. The number of pyridine rings is 1. The van der Waals surface area contributed by atoms with Crippen molar-refractivity contribution in [1.29, 1.82) is 0 Å². The minimum absolute atomic E-state index is 0.0121. The summed E-state index contributed by atoms with van der Waals surface area (Å²) in [4.78, 5) is 120. The fourth-order valence-electron chi connectivity index (χ4n) is 8.67. The first kappa shape index (κ1) is 57.4.